The molecule has 0 heterocycles. The van der Waals surface area contributed by atoms with Crippen LogP contribution in [0.4, 0.5) is 0 Å². The Balaban J connectivity index is 0. The third-order valence-electron chi connectivity index (χ3n) is 0.989. The van der Waals surface area contributed by atoms with E-state index in [4.69, 9.17) is 5.21 Å². The molecule has 2 nitrogen and oxygen atoms in total. The summed E-state index contributed by atoms with van der Waals surface area (Å²) in [5.74, 6) is 0. The second-order valence-electron chi connectivity index (χ2n) is 2.97. The predicted octanol–water partition coefficient (Wildman–Crippen LogP) is 2.10. The molecule has 0 saturated heterocycles. The summed E-state index contributed by atoms with van der Waals surface area (Å²) >= 11 is 0. The molecule has 0 radical (unpaired) electrons. The van der Waals surface area contributed by atoms with E-state index in [-0.39, 0.29) is 29.6 Å². The van der Waals surface area contributed by atoms with Gasteiger partial charge in [-0.1, -0.05) is 16.3 Å². The van der Waals surface area contributed by atoms with Gasteiger partial charge in [-0.2, -0.15) is 0 Å². The number of hydrogen-bond acceptors (Lipinski definition) is 2. The van der Waals surface area contributed by atoms with Gasteiger partial charge in [0.15, 0.2) is 0 Å². The molecule has 0 atom stereocenters. The van der Waals surface area contributed by atoms with Gasteiger partial charge in [0.2, 0.25) is 0 Å². The van der Waals surface area contributed by atoms with Gasteiger partial charge >= 0.3 is 29.6 Å². The van der Waals surface area contributed by atoms with Crippen molar-refractivity contribution in [1.29, 1.82) is 0 Å². The molecule has 0 aromatic heterocycles. The fourth-order valence-corrected chi connectivity index (χ4v) is 0.691. The average Bonchev–Trinajstić information content (AvgIpc) is 1.84. The van der Waals surface area contributed by atoms with Crippen molar-refractivity contribution in [3.63, 3.8) is 0 Å². The topological polar surface area (TPSA) is 32.6 Å². The van der Waals surface area contributed by atoms with Gasteiger partial charge in [0.25, 0.3) is 0 Å². The molecule has 0 amide bonds. The summed E-state index contributed by atoms with van der Waals surface area (Å²) in [5.41, 5.74) is 2.84. The van der Waals surface area contributed by atoms with Gasteiger partial charge in [0, 0.05) is 0 Å². The molecule has 0 aliphatic rings. The SMILES string of the molecule is CC(C)=CC(C=C(C)C)=NO.[NaH]. The van der Waals surface area contributed by atoms with Crippen molar-refractivity contribution in [1.82, 2.24) is 0 Å². The summed E-state index contributed by atoms with van der Waals surface area (Å²) < 4.78 is 0. The van der Waals surface area contributed by atoms with Crippen molar-refractivity contribution in [2.24, 2.45) is 5.16 Å². The maximum absolute atomic E-state index is 8.52. The Morgan fingerprint density at radius 2 is 1.33 bits per heavy atom. The number of allylic oxidation sites excluding steroid dienone is 4. The van der Waals surface area contributed by atoms with Crippen molar-refractivity contribution >= 4 is 35.3 Å². The molecule has 0 aromatic rings. The predicted molar refractivity (Wildman–Crippen MR) is 55.2 cm³/mol. The maximum atomic E-state index is 8.52. The van der Waals surface area contributed by atoms with Crippen LogP contribution in [0.1, 0.15) is 27.7 Å². The van der Waals surface area contributed by atoms with Gasteiger partial charge < -0.3 is 5.21 Å². The molecule has 1 N–H and O–H groups in total. The number of oxime groups is 1. The molecule has 0 aliphatic carbocycles. The van der Waals surface area contributed by atoms with Crippen LogP contribution in [0.25, 0.3) is 0 Å². The first kappa shape index (κ1) is 14.5. The summed E-state index contributed by atoms with van der Waals surface area (Å²) in [5, 5.41) is 11.7. The number of nitrogens with zero attached hydrogens (tertiary/aromatic N) is 1. The first-order chi connectivity index (χ1) is 5.06. The van der Waals surface area contributed by atoms with Crippen LogP contribution in [0.2, 0.25) is 0 Å². The molecule has 0 fully saturated rings. The fraction of sp³-hybridized carbons (Fsp3) is 0.444. The molecule has 12 heavy (non-hydrogen) atoms. The molecule has 0 spiro atoms. The van der Waals surface area contributed by atoms with E-state index in [1.807, 2.05) is 39.8 Å². The zero-order valence-electron chi connectivity index (χ0n) is 7.55. The average molecular weight is 177 g/mol. The van der Waals surface area contributed by atoms with Crippen LogP contribution in [0.5, 0.6) is 0 Å². The second-order valence-corrected chi connectivity index (χ2v) is 2.97. The molecule has 0 saturated carbocycles. The summed E-state index contributed by atoms with van der Waals surface area (Å²) in [7, 11) is 0. The monoisotopic (exact) mass is 177 g/mol. The molecule has 0 bridgehead atoms. The van der Waals surface area contributed by atoms with Crippen LogP contribution in [0, 0.1) is 0 Å². The minimum absolute atomic E-state index is 0. The Labute approximate surface area is 96.3 Å². The standard InChI is InChI=1S/C9H15NO.Na.H/c1-7(2)5-9(10-11)6-8(3)4;;/h5-6,11H,1-4H3;;. The fourth-order valence-electron chi connectivity index (χ4n) is 0.691. The van der Waals surface area contributed by atoms with Crippen molar-refractivity contribution < 1.29 is 5.21 Å². The van der Waals surface area contributed by atoms with E-state index >= 15 is 0 Å². The van der Waals surface area contributed by atoms with E-state index in [1.165, 1.54) is 0 Å². The Bertz CT molecular complexity index is 189. The summed E-state index contributed by atoms with van der Waals surface area (Å²) in [6.07, 6.45) is 3.65. The van der Waals surface area contributed by atoms with Crippen molar-refractivity contribution in [2.45, 2.75) is 27.7 Å². The van der Waals surface area contributed by atoms with E-state index in [2.05, 4.69) is 5.16 Å². The molecule has 0 rings (SSSR count). The minimum atomic E-state index is 0. The molecule has 3 heteroatoms. The molecule has 64 valence electrons. The van der Waals surface area contributed by atoms with Crippen LogP contribution in [0.15, 0.2) is 28.5 Å². The molecular weight excluding hydrogens is 161 g/mol. The van der Waals surface area contributed by atoms with Crippen LogP contribution in [0.3, 0.4) is 0 Å². The summed E-state index contributed by atoms with van der Waals surface area (Å²) in [6, 6.07) is 0. The van der Waals surface area contributed by atoms with Crippen LogP contribution < -0.4 is 0 Å². The van der Waals surface area contributed by atoms with Crippen molar-refractivity contribution in [3.05, 3.63) is 23.3 Å². The first-order valence-corrected chi connectivity index (χ1v) is 3.58. The molecule has 0 aliphatic heterocycles. The van der Waals surface area contributed by atoms with Crippen molar-refractivity contribution in [3.8, 4) is 0 Å². The first-order valence-electron chi connectivity index (χ1n) is 3.58. The van der Waals surface area contributed by atoms with Gasteiger partial charge in [-0.3, -0.25) is 0 Å². The van der Waals surface area contributed by atoms with E-state index in [0.717, 1.165) is 11.1 Å². The van der Waals surface area contributed by atoms with E-state index in [9.17, 15) is 0 Å². The zero-order chi connectivity index (χ0) is 8.85. The normalized spacial score (nSPS) is 7.67. The quantitative estimate of drug-likeness (QED) is 0.298. The third kappa shape index (κ3) is 8.05. The van der Waals surface area contributed by atoms with E-state index < -0.39 is 0 Å². The summed E-state index contributed by atoms with van der Waals surface area (Å²) in [4.78, 5) is 0. The van der Waals surface area contributed by atoms with Crippen LogP contribution in [-0.2, 0) is 0 Å². The van der Waals surface area contributed by atoms with Gasteiger partial charge in [0.1, 0.15) is 5.71 Å². The van der Waals surface area contributed by atoms with Gasteiger partial charge in [-0.25, -0.2) is 0 Å². The van der Waals surface area contributed by atoms with Gasteiger partial charge in [0.05, 0.1) is 0 Å². The van der Waals surface area contributed by atoms with Gasteiger partial charge in [-0.15, -0.1) is 0 Å². The third-order valence-corrected chi connectivity index (χ3v) is 0.989. The zero-order valence-corrected chi connectivity index (χ0v) is 7.55. The van der Waals surface area contributed by atoms with E-state index in [0.29, 0.717) is 5.71 Å². The molecule has 0 aromatic carbocycles. The van der Waals surface area contributed by atoms with Crippen LogP contribution >= 0.6 is 0 Å². The summed E-state index contributed by atoms with van der Waals surface area (Å²) in [6.45, 7) is 7.85. The Morgan fingerprint density at radius 3 is 1.50 bits per heavy atom. The molecule has 0 unspecified atom stereocenters. The second kappa shape index (κ2) is 7.59. The van der Waals surface area contributed by atoms with Crippen molar-refractivity contribution in [2.75, 3.05) is 0 Å². The Morgan fingerprint density at radius 1 is 1.00 bits per heavy atom. The van der Waals surface area contributed by atoms with Gasteiger partial charge in [-0.05, 0) is 39.8 Å². The number of hydrogen-bond donors (Lipinski definition) is 1. The molecular formula is C9H16NNaO. The Hall–Kier alpha value is -0.0500. The van der Waals surface area contributed by atoms with E-state index in [1.54, 1.807) is 0 Å². The Kier molecular flexibility index (Phi) is 9.16. The van der Waals surface area contributed by atoms with Crippen LogP contribution in [-0.4, -0.2) is 40.5 Å². The number of rotatable bonds is 2.